The first kappa shape index (κ1) is 9.94. The Morgan fingerprint density at radius 3 is 2.92 bits per heavy atom. The quantitative estimate of drug-likeness (QED) is 0.689. The van der Waals surface area contributed by atoms with Gasteiger partial charge in [0.05, 0.1) is 6.07 Å². The standard InChI is InChI=1S/C10H7BrFN/c1-7(4-5-13)9-6-8(11)2-3-10(9)12/h2-4,6H,1H3/b7-4-. The average Bonchev–Trinajstić information content (AvgIpc) is 2.09. The van der Waals surface area contributed by atoms with Gasteiger partial charge in [-0.3, -0.25) is 0 Å². The molecule has 0 amide bonds. The normalized spacial score (nSPS) is 11.1. The lowest BCUT2D eigenvalue weighted by molar-refractivity contribution is 0.623. The third-order valence-electron chi connectivity index (χ3n) is 1.63. The lowest BCUT2D eigenvalue weighted by atomic mass is 10.1. The number of nitriles is 1. The molecule has 0 atom stereocenters. The van der Waals surface area contributed by atoms with Crippen molar-refractivity contribution >= 4 is 21.5 Å². The second-order valence-electron chi connectivity index (χ2n) is 2.58. The number of rotatable bonds is 1. The molecule has 0 aliphatic rings. The SMILES string of the molecule is C/C(=C/C#N)c1cc(Br)ccc1F. The van der Waals surface area contributed by atoms with Gasteiger partial charge in [-0.1, -0.05) is 15.9 Å². The number of hydrogen-bond donors (Lipinski definition) is 0. The fourth-order valence-electron chi connectivity index (χ4n) is 0.974. The molecule has 0 aliphatic heterocycles. The molecular formula is C10H7BrFN. The van der Waals surface area contributed by atoms with E-state index in [1.165, 1.54) is 12.1 Å². The van der Waals surface area contributed by atoms with Crippen LogP contribution in [-0.2, 0) is 0 Å². The molecule has 0 saturated heterocycles. The summed E-state index contributed by atoms with van der Waals surface area (Å²) < 4.78 is 14.0. The Morgan fingerprint density at radius 2 is 2.31 bits per heavy atom. The summed E-state index contributed by atoms with van der Waals surface area (Å²) in [6.45, 7) is 1.70. The molecule has 1 nitrogen and oxygen atoms in total. The van der Waals surface area contributed by atoms with Crippen molar-refractivity contribution in [3.63, 3.8) is 0 Å². The Bertz CT molecular complexity index is 390. The molecule has 0 fully saturated rings. The van der Waals surface area contributed by atoms with Gasteiger partial charge in [0, 0.05) is 16.1 Å². The first-order valence-electron chi connectivity index (χ1n) is 3.67. The van der Waals surface area contributed by atoms with Gasteiger partial charge in [-0.15, -0.1) is 0 Å². The van der Waals surface area contributed by atoms with E-state index in [0.717, 1.165) is 4.47 Å². The van der Waals surface area contributed by atoms with Gasteiger partial charge in [-0.2, -0.15) is 5.26 Å². The van der Waals surface area contributed by atoms with Crippen molar-refractivity contribution in [3.05, 3.63) is 40.1 Å². The number of hydrogen-bond acceptors (Lipinski definition) is 1. The van der Waals surface area contributed by atoms with E-state index in [0.29, 0.717) is 11.1 Å². The summed E-state index contributed by atoms with van der Waals surface area (Å²) in [4.78, 5) is 0. The van der Waals surface area contributed by atoms with Crippen LogP contribution in [0.1, 0.15) is 12.5 Å². The molecule has 1 aromatic rings. The van der Waals surface area contributed by atoms with Crippen LogP contribution >= 0.6 is 15.9 Å². The van der Waals surface area contributed by atoms with Gasteiger partial charge < -0.3 is 0 Å². The molecule has 0 aliphatic carbocycles. The molecule has 3 heteroatoms. The van der Waals surface area contributed by atoms with Crippen molar-refractivity contribution in [2.45, 2.75) is 6.92 Å². The van der Waals surface area contributed by atoms with E-state index in [-0.39, 0.29) is 5.82 Å². The van der Waals surface area contributed by atoms with Crippen LogP contribution in [0.5, 0.6) is 0 Å². The van der Waals surface area contributed by atoms with E-state index in [4.69, 9.17) is 5.26 Å². The van der Waals surface area contributed by atoms with E-state index in [1.54, 1.807) is 19.1 Å². The van der Waals surface area contributed by atoms with Crippen molar-refractivity contribution in [3.8, 4) is 6.07 Å². The van der Waals surface area contributed by atoms with Gasteiger partial charge in [0.15, 0.2) is 0 Å². The monoisotopic (exact) mass is 239 g/mol. The van der Waals surface area contributed by atoms with Gasteiger partial charge >= 0.3 is 0 Å². The summed E-state index contributed by atoms with van der Waals surface area (Å²) in [6.07, 6.45) is 1.32. The molecule has 0 radical (unpaired) electrons. The van der Waals surface area contributed by atoms with E-state index >= 15 is 0 Å². The molecule has 0 spiro atoms. The molecule has 0 aromatic heterocycles. The summed E-state index contributed by atoms with van der Waals surface area (Å²) in [5.74, 6) is -0.313. The molecule has 0 saturated carbocycles. The Labute approximate surface area is 84.6 Å². The van der Waals surface area contributed by atoms with Crippen LogP contribution in [0.25, 0.3) is 5.57 Å². The maximum atomic E-state index is 13.2. The van der Waals surface area contributed by atoms with Gasteiger partial charge in [-0.05, 0) is 30.7 Å². The summed E-state index contributed by atoms with van der Waals surface area (Å²) >= 11 is 3.24. The van der Waals surface area contributed by atoms with Gasteiger partial charge in [-0.25, -0.2) is 4.39 Å². The van der Waals surface area contributed by atoms with Crippen molar-refractivity contribution in [1.29, 1.82) is 5.26 Å². The molecule has 0 bridgehead atoms. The molecule has 13 heavy (non-hydrogen) atoms. The lowest BCUT2D eigenvalue weighted by Crippen LogP contribution is -1.86. The Hall–Kier alpha value is -1.14. The van der Waals surface area contributed by atoms with E-state index in [1.807, 2.05) is 6.07 Å². The Balaban J connectivity index is 3.22. The Morgan fingerprint density at radius 1 is 1.62 bits per heavy atom. The number of nitrogens with zero attached hydrogens (tertiary/aromatic N) is 1. The largest absolute Gasteiger partial charge is 0.206 e. The topological polar surface area (TPSA) is 23.8 Å². The average molecular weight is 240 g/mol. The maximum Gasteiger partial charge on any atom is 0.130 e. The minimum atomic E-state index is -0.313. The number of halogens is 2. The lowest BCUT2D eigenvalue weighted by Gasteiger charge is -2.02. The van der Waals surface area contributed by atoms with E-state index < -0.39 is 0 Å². The maximum absolute atomic E-state index is 13.2. The zero-order chi connectivity index (χ0) is 9.84. The highest BCUT2D eigenvalue weighted by Gasteiger charge is 2.03. The second kappa shape index (κ2) is 4.20. The van der Waals surface area contributed by atoms with E-state index in [9.17, 15) is 4.39 Å². The second-order valence-corrected chi connectivity index (χ2v) is 3.50. The number of allylic oxidation sites excluding steroid dienone is 2. The van der Waals surface area contributed by atoms with Gasteiger partial charge in [0.25, 0.3) is 0 Å². The summed E-state index contributed by atoms with van der Waals surface area (Å²) in [5.41, 5.74) is 1.08. The fraction of sp³-hybridized carbons (Fsp3) is 0.100. The summed E-state index contributed by atoms with van der Waals surface area (Å²) in [7, 11) is 0. The van der Waals surface area contributed by atoms with Crippen molar-refractivity contribution < 1.29 is 4.39 Å². The highest BCUT2D eigenvalue weighted by molar-refractivity contribution is 9.10. The third kappa shape index (κ3) is 2.40. The highest BCUT2D eigenvalue weighted by Crippen LogP contribution is 2.21. The molecule has 66 valence electrons. The van der Waals surface area contributed by atoms with Gasteiger partial charge in [0.2, 0.25) is 0 Å². The minimum absolute atomic E-state index is 0.313. The molecule has 0 N–H and O–H groups in total. The third-order valence-corrected chi connectivity index (χ3v) is 2.13. The van der Waals surface area contributed by atoms with Crippen LogP contribution in [0.15, 0.2) is 28.7 Å². The highest BCUT2D eigenvalue weighted by atomic mass is 79.9. The van der Waals surface area contributed by atoms with Crippen molar-refractivity contribution in [2.75, 3.05) is 0 Å². The van der Waals surface area contributed by atoms with Crippen LogP contribution in [0.2, 0.25) is 0 Å². The first-order valence-corrected chi connectivity index (χ1v) is 4.46. The van der Waals surface area contributed by atoms with Crippen LogP contribution in [0.4, 0.5) is 4.39 Å². The summed E-state index contributed by atoms with van der Waals surface area (Å²) in [6, 6.07) is 6.51. The van der Waals surface area contributed by atoms with Crippen LogP contribution in [0.3, 0.4) is 0 Å². The molecule has 1 rings (SSSR count). The van der Waals surface area contributed by atoms with Crippen LogP contribution in [-0.4, -0.2) is 0 Å². The van der Waals surface area contributed by atoms with Crippen LogP contribution in [0, 0.1) is 17.1 Å². The molecule has 1 aromatic carbocycles. The predicted molar refractivity (Wildman–Crippen MR) is 53.4 cm³/mol. The van der Waals surface area contributed by atoms with Crippen molar-refractivity contribution in [2.24, 2.45) is 0 Å². The van der Waals surface area contributed by atoms with E-state index in [2.05, 4.69) is 15.9 Å². The zero-order valence-corrected chi connectivity index (χ0v) is 8.60. The fourth-order valence-corrected chi connectivity index (χ4v) is 1.34. The predicted octanol–water partition coefficient (Wildman–Crippen LogP) is 3.52. The Kier molecular flexibility index (Phi) is 3.21. The molecule has 0 unspecified atom stereocenters. The molecular weight excluding hydrogens is 233 g/mol. The number of benzene rings is 1. The first-order chi connectivity index (χ1) is 6.15. The smallest absolute Gasteiger partial charge is 0.130 e. The minimum Gasteiger partial charge on any atom is -0.206 e. The summed E-state index contributed by atoms with van der Waals surface area (Å²) in [5, 5.41) is 8.40. The van der Waals surface area contributed by atoms with Gasteiger partial charge in [0.1, 0.15) is 5.82 Å². The zero-order valence-electron chi connectivity index (χ0n) is 7.01. The molecule has 0 heterocycles. The van der Waals surface area contributed by atoms with Crippen molar-refractivity contribution in [1.82, 2.24) is 0 Å². The van der Waals surface area contributed by atoms with Crippen LogP contribution < -0.4 is 0 Å².